The van der Waals surface area contributed by atoms with Crippen LogP contribution < -0.4 is 5.32 Å². The van der Waals surface area contributed by atoms with Gasteiger partial charge in [0.25, 0.3) is 0 Å². The Labute approximate surface area is 121 Å². The summed E-state index contributed by atoms with van der Waals surface area (Å²) in [7, 11) is 4.44. The molecule has 106 valence electrons. The van der Waals surface area contributed by atoms with E-state index in [1.165, 1.54) is 25.9 Å². The third kappa shape index (κ3) is 4.68. The van der Waals surface area contributed by atoms with Gasteiger partial charge in [0.05, 0.1) is 0 Å². The highest BCUT2D eigenvalue weighted by molar-refractivity contribution is 6.30. The van der Waals surface area contributed by atoms with Gasteiger partial charge in [-0.25, -0.2) is 0 Å². The van der Waals surface area contributed by atoms with Crippen molar-refractivity contribution >= 4 is 17.3 Å². The van der Waals surface area contributed by atoms with E-state index < -0.39 is 0 Å². The van der Waals surface area contributed by atoms with Crippen molar-refractivity contribution in [2.75, 3.05) is 45.6 Å². The molecule has 1 heterocycles. The second kappa shape index (κ2) is 7.13. The van der Waals surface area contributed by atoms with Gasteiger partial charge in [0.15, 0.2) is 0 Å². The molecule has 3 nitrogen and oxygen atoms in total. The molecule has 0 bridgehead atoms. The van der Waals surface area contributed by atoms with Crippen LogP contribution in [0.25, 0.3) is 0 Å². The van der Waals surface area contributed by atoms with Crippen LogP contribution in [-0.2, 0) is 0 Å². The highest BCUT2D eigenvalue weighted by atomic mass is 35.5. The molecule has 0 aromatic heterocycles. The summed E-state index contributed by atoms with van der Waals surface area (Å²) in [5, 5.41) is 4.21. The molecule has 0 saturated carbocycles. The first-order valence-corrected chi connectivity index (χ1v) is 7.41. The van der Waals surface area contributed by atoms with Gasteiger partial charge in [-0.3, -0.25) is 0 Å². The number of hydrogen-bond acceptors (Lipinski definition) is 3. The number of halogens is 1. The van der Waals surface area contributed by atoms with Gasteiger partial charge in [0, 0.05) is 36.4 Å². The van der Waals surface area contributed by atoms with Crippen molar-refractivity contribution in [2.45, 2.75) is 18.9 Å². The van der Waals surface area contributed by atoms with E-state index in [4.69, 9.17) is 11.6 Å². The zero-order chi connectivity index (χ0) is 13.7. The van der Waals surface area contributed by atoms with Crippen molar-refractivity contribution in [2.24, 2.45) is 0 Å². The largest absolute Gasteiger partial charge is 0.384 e. The summed E-state index contributed by atoms with van der Waals surface area (Å²) in [5.41, 5.74) is 1.10. The predicted molar refractivity (Wildman–Crippen MR) is 83.1 cm³/mol. The summed E-state index contributed by atoms with van der Waals surface area (Å²) in [6.45, 7) is 4.45. The Balaban J connectivity index is 1.73. The topological polar surface area (TPSA) is 18.5 Å². The first kappa shape index (κ1) is 14.6. The molecular formula is C15H24ClN3. The summed E-state index contributed by atoms with van der Waals surface area (Å²) in [6.07, 6.45) is 2.63. The molecule has 0 amide bonds. The standard InChI is InChI=1S/C15H24ClN3/c1-18-9-4-7-15(12-18)19(2)10-8-17-14-6-3-5-13(16)11-14/h3,5-6,11,15,17H,4,7-10,12H2,1-2H3. The number of likely N-dealkylation sites (N-methyl/N-ethyl adjacent to an activating group) is 2. The van der Waals surface area contributed by atoms with E-state index in [2.05, 4.69) is 35.3 Å². The van der Waals surface area contributed by atoms with Crippen molar-refractivity contribution in [3.05, 3.63) is 29.3 Å². The third-order valence-corrected chi connectivity index (χ3v) is 4.08. The molecule has 0 aliphatic carbocycles. The molecule has 1 atom stereocenters. The monoisotopic (exact) mass is 281 g/mol. The molecule has 1 aromatic rings. The first-order valence-electron chi connectivity index (χ1n) is 7.03. The van der Waals surface area contributed by atoms with Gasteiger partial charge in [-0.2, -0.15) is 0 Å². The number of piperidine rings is 1. The van der Waals surface area contributed by atoms with Crippen molar-refractivity contribution in [1.82, 2.24) is 9.80 Å². The number of likely N-dealkylation sites (tertiary alicyclic amines) is 1. The van der Waals surface area contributed by atoms with E-state index in [1.807, 2.05) is 18.2 Å². The molecule has 19 heavy (non-hydrogen) atoms. The van der Waals surface area contributed by atoms with Crippen molar-refractivity contribution in [3.8, 4) is 0 Å². The maximum absolute atomic E-state index is 5.97. The molecular weight excluding hydrogens is 258 g/mol. The normalized spacial score (nSPS) is 20.7. The Kier molecular flexibility index (Phi) is 5.49. The highest BCUT2D eigenvalue weighted by Crippen LogP contribution is 2.15. The van der Waals surface area contributed by atoms with Crippen molar-refractivity contribution in [3.63, 3.8) is 0 Å². The van der Waals surface area contributed by atoms with Crippen molar-refractivity contribution in [1.29, 1.82) is 0 Å². The molecule has 1 aliphatic rings. The van der Waals surface area contributed by atoms with Crippen LogP contribution >= 0.6 is 11.6 Å². The number of hydrogen-bond donors (Lipinski definition) is 1. The van der Waals surface area contributed by atoms with E-state index in [1.54, 1.807) is 0 Å². The van der Waals surface area contributed by atoms with Gasteiger partial charge in [0.2, 0.25) is 0 Å². The maximum Gasteiger partial charge on any atom is 0.0426 e. The molecule has 1 fully saturated rings. The van der Waals surface area contributed by atoms with Crippen LogP contribution in [0.15, 0.2) is 24.3 Å². The van der Waals surface area contributed by atoms with Gasteiger partial charge in [-0.1, -0.05) is 17.7 Å². The lowest BCUT2D eigenvalue weighted by Crippen LogP contribution is -2.46. The third-order valence-electron chi connectivity index (χ3n) is 3.84. The smallest absolute Gasteiger partial charge is 0.0426 e. The molecule has 1 unspecified atom stereocenters. The Morgan fingerprint density at radius 1 is 1.47 bits per heavy atom. The fourth-order valence-corrected chi connectivity index (χ4v) is 2.85. The zero-order valence-corrected chi connectivity index (χ0v) is 12.7. The van der Waals surface area contributed by atoms with Crippen LogP contribution in [0.4, 0.5) is 5.69 Å². The minimum atomic E-state index is 0.694. The van der Waals surface area contributed by atoms with Gasteiger partial charge in [-0.15, -0.1) is 0 Å². The second-order valence-corrected chi connectivity index (χ2v) is 5.91. The SMILES string of the molecule is CN1CCCC(N(C)CCNc2cccc(Cl)c2)C1. The number of rotatable bonds is 5. The molecule has 4 heteroatoms. The second-order valence-electron chi connectivity index (χ2n) is 5.48. The maximum atomic E-state index is 5.97. The average Bonchev–Trinajstić information content (AvgIpc) is 2.38. The van der Waals surface area contributed by atoms with Crippen LogP contribution in [0.5, 0.6) is 0 Å². The molecule has 1 saturated heterocycles. The minimum Gasteiger partial charge on any atom is -0.384 e. The van der Waals surface area contributed by atoms with Crippen LogP contribution in [0.1, 0.15) is 12.8 Å². The molecule has 1 N–H and O–H groups in total. The summed E-state index contributed by atoms with van der Waals surface area (Å²) in [6, 6.07) is 8.59. The predicted octanol–water partition coefficient (Wildman–Crippen LogP) is 2.78. The van der Waals surface area contributed by atoms with Crippen molar-refractivity contribution < 1.29 is 0 Å². The Hall–Kier alpha value is -0.770. The Bertz CT molecular complexity index is 397. The van der Waals surface area contributed by atoms with Gasteiger partial charge < -0.3 is 15.1 Å². The summed E-state index contributed by atoms with van der Waals surface area (Å²) < 4.78 is 0. The lowest BCUT2D eigenvalue weighted by molar-refractivity contribution is 0.138. The zero-order valence-electron chi connectivity index (χ0n) is 11.9. The van der Waals surface area contributed by atoms with Crippen LogP contribution in [0.2, 0.25) is 5.02 Å². The fourth-order valence-electron chi connectivity index (χ4n) is 2.66. The molecule has 1 aromatic carbocycles. The average molecular weight is 282 g/mol. The highest BCUT2D eigenvalue weighted by Gasteiger charge is 2.20. The van der Waals surface area contributed by atoms with Gasteiger partial charge >= 0.3 is 0 Å². The molecule has 1 aliphatic heterocycles. The van der Waals surface area contributed by atoms with E-state index in [0.29, 0.717) is 6.04 Å². The van der Waals surface area contributed by atoms with E-state index in [-0.39, 0.29) is 0 Å². The number of anilines is 1. The van der Waals surface area contributed by atoms with Crippen LogP contribution in [0, 0.1) is 0 Å². The van der Waals surface area contributed by atoms with Crippen LogP contribution in [-0.4, -0.2) is 56.1 Å². The molecule has 0 spiro atoms. The number of nitrogens with one attached hydrogen (secondary N) is 1. The Morgan fingerprint density at radius 3 is 3.05 bits per heavy atom. The molecule has 2 rings (SSSR count). The lowest BCUT2D eigenvalue weighted by atomic mass is 10.1. The summed E-state index contributed by atoms with van der Waals surface area (Å²) >= 11 is 5.97. The summed E-state index contributed by atoms with van der Waals surface area (Å²) in [4.78, 5) is 4.89. The quantitative estimate of drug-likeness (QED) is 0.895. The minimum absolute atomic E-state index is 0.694. The summed E-state index contributed by atoms with van der Waals surface area (Å²) in [5.74, 6) is 0. The Morgan fingerprint density at radius 2 is 2.32 bits per heavy atom. The van der Waals surface area contributed by atoms with E-state index >= 15 is 0 Å². The lowest BCUT2D eigenvalue weighted by Gasteiger charge is -2.35. The van der Waals surface area contributed by atoms with Gasteiger partial charge in [-0.05, 0) is 51.7 Å². The van der Waals surface area contributed by atoms with Crippen LogP contribution in [0.3, 0.4) is 0 Å². The van der Waals surface area contributed by atoms with E-state index in [9.17, 15) is 0 Å². The first-order chi connectivity index (χ1) is 9.15. The number of benzene rings is 1. The van der Waals surface area contributed by atoms with Gasteiger partial charge in [0.1, 0.15) is 0 Å². The van der Waals surface area contributed by atoms with E-state index in [0.717, 1.165) is 23.8 Å². The molecule has 0 radical (unpaired) electrons. The number of nitrogens with zero attached hydrogens (tertiary/aromatic N) is 2. The fraction of sp³-hybridized carbons (Fsp3) is 0.600.